The fourth-order valence-electron chi connectivity index (χ4n) is 7.11. The topological polar surface area (TPSA) is 96.8 Å². The summed E-state index contributed by atoms with van der Waals surface area (Å²) in [6.07, 6.45) is 7.32. The van der Waals surface area contributed by atoms with Gasteiger partial charge >= 0.3 is 0 Å². The minimum atomic E-state index is -0.498. The molecule has 2 aliphatic heterocycles. The molecule has 2 saturated heterocycles. The Morgan fingerprint density at radius 2 is 1.52 bits per heavy atom. The van der Waals surface area contributed by atoms with Gasteiger partial charge in [-0.15, -0.1) is 0 Å². The van der Waals surface area contributed by atoms with Crippen LogP contribution in [0, 0.1) is 5.92 Å². The van der Waals surface area contributed by atoms with Gasteiger partial charge in [0.05, 0.1) is 36.0 Å². The maximum absolute atomic E-state index is 12.9. The summed E-state index contributed by atoms with van der Waals surface area (Å²) in [4.78, 5) is 24.3. The monoisotopic (exact) mass is 670 g/mol. The van der Waals surface area contributed by atoms with Crippen molar-refractivity contribution in [2.45, 2.75) is 70.7 Å². The lowest BCUT2D eigenvalue weighted by Crippen LogP contribution is -2.45. The van der Waals surface area contributed by atoms with E-state index in [0.717, 1.165) is 58.5 Å². The number of nitrogens with one attached hydrogen (secondary N) is 1. The molecular weight excluding hydrogens is 624 g/mol. The molecule has 7 rings (SSSR count). The molecule has 0 saturated carbocycles. The van der Waals surface area contributed by atoms with E-state index in [9.17, 15) is 9.90 Å². The SMILES string of the molecule is C[C@@H]1[C@H](CN2CCCCCCC2)O[C@H](c2ccc(-c3cccc(CNC(=O)c4cnc5ccccc5n4)c3)cc2)O[C@@H]1c1ccc(CO)cc1. The normalized spacial score (nSPS) is 21.7. The lowest BCUT2D eigenvalue weighted by molar-refractivity contribution is -0.276. The molecule has 2 N–H and O–H groups in total. The molecule has 0 spiro atoms. The first-order chi connectivity index (χ1) is 24.5. The number of likely N-dealkylation sites (tertiary alicyclic amines) is 1. The highest BCUT2D eigenvalue weighted by molar-refractivity contribution is 5.93. The number of amides is 1. The quantitative estimate of drug-likeness (QED) is 0.165. The van der Waals surface area contributed by atoms with Crippen molar-refractivity contribution >= 4 is 16.9 Å². The highest BCUT2D eigenvalue weighted by atomic mass is 16.7. The van der Waals surface area contributed by atoms with Gasteiger partial charge in [0.1, 0.15) is 5.69 Å². The fraction of sp³-hybridized carbons (Fsp3) is 0.357. The predicted octanol–water partition coefficient (Wildman–Crippen LogP) is 7.78. The summed E-state index contributed by atoms with van der Waals surface area (Å²) in [7, 11) is 0. The number of rotatable bonds is 9. The molecule has 8 heteroatoms. The molecular formula is C42H46N4O4. The van der Waals surface area contributed by atoms with E-state index in [1.165, 1.54) is 38.3 Å². The van der Waals surface area contributed by atoms with Crippen LogP contribution in [0.25, 0.3) is 22.2 Å². The van der Waals surface area contributed by atoms with Gasteiger partial charge in [-0.05, 0) is 71.9 Å². The number of hydrogen-bond acceptors (Lipinski definition) is 7. The van der Waals surface area contributed by atoms with Crippen LogP contribution in [0.15, 0.2) is 103 Å². The smallest absolute Gasteiger partial charge is 0.271 e. The van der Waals surface area contributed by atoms with Crippen LogP contribution in [0.3, 0.4) is 0 Å². The van der Waals surface area contributed by atoms with E-state index in [0.29, 0.717) is 17.8 Å². The number of fused-ring (bicyclic) bond motifs is 1. The largest absolute Gasteiger partial charge is 0.392 e. The standard InChI is InChI=1S/C42H46N4O4/c1-29-39(27-46-22-7-3-2-4-8-23-46)49-42(50-40(29)33-16-14-30(28-47)15-17-33)34-20-18-32(19-21-34)35-11-9-10-31(24-35)25-44-41(48)38-26-43-36-12-5-6-13-37(36)45-38/h5-6,9-21,24,26,29,39-40,42,47H,2-4,7-8,22-23,25,27-28H2,1H3,(H,44,48)/t29-,39+,40+,42+/m1/s1. The van der Waals surface area contributed by atoms with Crippen molar-refractivity contribution in [1.29, 1.82) is 0 Å². The Hall–Kier alpha value is -4.47. The maximum Gasteiger partial charge on any atom is 0.271 e. The Morgan fingerprint density at radius 3 is 2.28 bits per heavy atom. The zero-order chi connectivity index (χ0) is 34.3. The summed E-state index contributed by atoms with van der Waals surface area (Å²) in [5, 5.41) is 12.6. The van der Waals surface area contributed by atoms with Gasteiger partial charge in [-0.25, -0.2) is 4.98 Å². The predicted molar refractivity (Wildman–Crippen MR) is 195 cm³/mol. The molecule has 4 aromatic carbocycles. The Bertz CT molecular complexity index is 1870. The van der Waals surface area contributed by atoms with Crippen LogP contribution in [0.1, 0.15) is 84.2 Å². The number of para-hydroxylation sites is 2. The minimum absolute atomic E-state index is 0.0165. The number of aromatic nitrogens is 2. The molecule has 5 aromatic rings. The zero-order valence-electron chi connectivity index (χ0n) is 28.7. The van der Waals surface area contributed by atoms with E-state index >= 15 is 0 Å². The summed E-state index contributed by atoms with van der Waals surface area (Å²) in [5.41, 5.74) is 7.85. The molecule has 1 aromatic heterocycles. The summed E-state index contributed by atoms with van der Waals surface area (Å²) in [6.45, 7) is 5.76. The fourth-order valence-corrected chi connectivity index (χ4v) is 7.11. The molecule has 1 amide bonds. The second-order valence-electron chi connectivity index (χ2n) is 13.6. The van der Waals surface area contributed by atoms with Crippen LogP contribution < -0.4 is 5.32 Å². The molecule has 0 aliphatic carbocycles. The number of hydrogen-bond donors (Lipinski definition) is 2. The van der Waals surface area contributed by atoms with Crippen molar-refractivity contribution in [3.05, 3.63) is 131 Å². The molecule has 50 heavy (non-hydrogen) atoms. The first kappa shape index (κ1) is 34.0. The van der Waals surface area contributed by atoms with E-state index in [1.807, 2.05) is 48.5 Å². The van der Waals surface area contributed by atoms with Crippen molar-refractivity contribution in [1.82, 2.24) is 20.2 Å². The summed E-state index contributed by atoms with van der Waals surface area (Å²) >= 11 is 0. The zero-order valence-corrected chi connectivity index (χ0v) is 28.7. The second kappa shape index (κ2) is 16.0. The van der Waals surface area contributed by atoms with E-state index in [1.54, 1.807) is 0 Å². The van der Waals surface area contributed by atoms with Gasteiger partial charge in [-0.2, -0.15) is 0 Å². The van der Waals surface area contributed by atoms with E-state index in [-0.39, 0.29) is 30.6 Å². The number of ether oxygens (including phenoxy) is 2. The van der Waals surface area contributed by atoms with Gasteiger partial charge in [0.15, 0.2) is 6.29 Å². The van der Waals surface area contributed by atoms with Crippen LogP contribution in [-0.2, 0) is 22.6 Å². The minimum Gasteiger partial charge on any atom is -0.392 e. The average Bonchev–Trinajstić information content (AvgIpc) is 3.15. The van der Waals surface area contributed by atoms with Crippen molar-refractivity contribution in [3.8, 4) is 11.1 Å². The van der Waals surface area contributed by atoms with Crippen molar-refractivity contribution in [2.75, 3.05) is 19.6 Å². The number of carbonyl (C=O) groups excluding carboxylic acids is 1. The molecule has 4 atom stereocenters. The molecule has 0 radical (unpaired) electrons. The molecule has 8 nitrogen and oxygen atoms in total. The number of benzene rings is 4. The van der Waals surface area contributed by atoms with Gasteiger partial charge in [0, 0.05) is 24.6 Å². The van der Waals surface area contributed by atoms with Gasteiger partial charge in [0.25, 0.3) is 5.91 Å². The molecule has 2 fully saturated rings. The third-order valence-corrected chi connectivity index (χ3v) is 10.1. The third-order valence-electron chi connectivity index (χ3n) is 10.1. The van der Waals surface area contributed by atoms with Crippen LogP contribution in [0.2, 0.25) is 0 Å². The highest BCUT2D eigenvalue weighted by Crippen LogP contribution is 2.42. The molecule has 0 bridgehead atoms. The summed E-state index contributed by atoms with van der Waals surface area (Å²) in [5.74, 6) is -0.0976. The number of carbonyl (C=O) groups is 1. The highest BCUT2D eigenvalue weighted by Gasteiger charge is 2.39. The lowest BCUT2D eigenvalue weighted by atomic mass is 9.89. The van der Waals surface area contributed by atoms with Gasteiger partial charge in [-0.3, -0.25) is 9.78 Å². The first-order valence-corrected chi connectivity index (χ1v) is 18.0. The Morgan fingerprint density at radius 1 is 0.800 bits per heavy atom. The molecule has 0 unspecified atom stereocenters. The lowest BCUT2D eigenvalue weighted by Gasteiger charge is -2.43. The van der Waals surface area contributed by atoms with E-state index in [2.05, 4.69) is 75.6 Å². The van der Waals surface area contributed by atoms with Gasteiger partial charge < -0.3 is 24.8 Å². The first-order valence-electron chi connectivity index (χ1n) is 18.0. The number of aliphatic hydroxyl groups is 1. The van der Waals surface area contributed by atoms with Crippen molar-refractivity contribution in [3.63, 3.8) is 0 Å². The average molecular weight is 671 g/mol. The summed E-state index contributed by atoms with van der Waals surface area (Å²) in [6, 6.07) is 32.3. The maximum atomic E-state index is 12.9. The molecule has 3 heterocycles. The Kier molecular flexibility index (Phi) is 10.9. The Labute approximate surface area is 294 Å². The molecule has 258 valence electrons. The van der Waals surface area contributed by atoms with Crippen LogP contribution >= 0.6 is 0 Å². The van der Waals surface area contributed by atoms with Crippen LogP contribution in [-0.4, -0.2) is 51.6 Å². The second-order valence-corrected chi connectivity index (χ2v) is 13.6. The third kappa shape index (κ3) is 8.11. The number of nitrogens with zero attached hydrogens (tertiary/aromatic N) is 3. The molecule has 2 aliphatic rings. The van der Waals surface area contributed by atoms with E-state index < -0.39 is 6.29 Å². The van der Waals surface area contributed by atoms with E-state index in [4.69, 9.17) is 9.47 Å². The van der Waals surface area contributed by atoms with Gasteiger partial charge in [0.2, 0.25) is 0 Å². The number of aliphatic hydroxyl groups excluding tert-OH is 1. The van der Waals surface area contributed by atoms with Crippen molar-refractivity contribution < 1.29 is 19.4 Å². The van der Waals surface area contributed by atoms with Crippen LogP contribution in [0.5, 0.6) is 0 Å². The van der Waals surface area contributed by atoms with Crippen LogP contribution in [0.4, 0.5) is 0 Å². The Balaban J connectivity index is 1.05. The summed E-state index contributed by atoms with van der Waals surface area (Å²) < 4.78 is 13.5. The van der Waals surface area contributed by atoms with Crippen molar-refractivity contribution in [2.24, 2.45) is 5.92 Å². The van der Waals surface area contributed by atoms with Gasteiger partial charge in [-0.1, -0.05) is 105 Å².